The van der Waals surface area contributed by atoms with Crippen molar-refractivity contribution in [2.45, 2.75) is 45.1 Å². The molecule has 38 heavy (non-hydrogen) atoms. The molecule has 0 saturated heterocycles. The Morgan fingerprint density at radius 3 is 2.21 bits per heavy atom. The van der Waals surface area contributed by atoms with Gasteiger partial charge in [0.15, 0.2) is 0 Å². The summed E-state index contributed by atoms with van der Waals surface area (Å²) in [7, 11) is 1.37. The predicted octanol–water partition coefficient (Wildman–Crippen LogP) is 2.91. The minimum Gasteiger partial charge on any atom is -0.497 e. The zero-order valence-corrected chi connectivity index (χ0v) is 22.6. The fourth-order valence-electron chi connectivity index (χ4n) is 2.94. The van der Waals surface area contributed by atoms with E-state index in [0.717, 1.165) is 11.3 Å². The monoisotopic (exact) mass is 579 g/mol. The highest BCUT2D eigenvalue weighted by Gasteiger charge is 2.45. The van der Waals surface area contributed by atoms with Crippen molar-refractivity contribution in [3.8, 4) is 0 Å². The van der Waals surface area contributed by atoms with Crippen LogP contribution in [-0.2, 0) is 19.1 Å². The summed E-state index contributed by atoms with van der Waals surface area (Å²) in [6, 6.07) is -2.31. The number of ether oxygens (including phenoxy) is 1. The number of methoxy groups -OCH3 is 1. The summed E-state index contributed by atoms with van der Waals surface area (Å²) in [5.41, 5.74) is -0.0951. The van der Waals surface area contributed by atoms with Crippen LogP contribution in [0.4, 0.5) is 13.2 Å². The van der Waals surface area contributed by atoms with Crippen LogP contribution in [0.25, 0.3) is 0 Å². The number of thiophene rings is 1. The molecule has 0 radical (unpaired) electrons. The van der Waals surface area contributed by atoms with Gasteiger partial charge in [0, 0.05) is 0 Å². The second kappa shape index (κ2) is 14.7. The van der Waals surface area contributed by atoms with Crippen LogP contribution in [0.1, 0.15) is 30.4 Å². The van der Waals surface area contributed by atoms with E-state index in [1.165, 1.54) is 45.2 Å². The van der Waals surface area contributed by atoms with E-state index in [0.29, 0.717) is 10.1 Å². The van der Waals surface area contributed by atoms with Crippen molar-refractivity contribution < 1.29 is 42.2 Å². The molecule has 1 heterocycles. The lowest BCUT2D eigenvalue weighted by molar-refractivity contribution is -0.175. The Morgan fingerprint density at radius 2 is 1.76 bits per heavy atom. The lowest BCUT2D eigenvalue weighted by atomic mass is 9.98. The third-order valence-electron chi connectivity index (χ3n) is 5.03. The van der Waals surface area contributed by atoms with Gasteiger partial charge in [0.1, 0.15) is 17.8 Å². The van der Waals surface area contributed by atoms with Crippen LogP contribution >= 0.6 is 22.9 Å². The summed E-state index contributed by atoms with van der Waals surface area (Å²) >= 11 is 6.73. The quantitative estimate of drug-likeness (QED) is 0.210. The van der Waals surface area contributed by atoms with Gasteiger partial charge >= 0.3 is 6.18 Å². The number of allylic oxidation sites excluding steroid dienone is 2. The topological polar surface area (TPSA) is 134 Å². The Morgan fingerprint density at radius 1 is 1.13 bits per heavy atom. The number of alkyl halides is 3. The zero-order chi connectivity index (χ0) is 29.2. The molecule has 0 unspecified atom stereocenters. The normalized spacial score (nSPS) is 14.5. The molecule has 0 aliphatic carbocycles. The first-order valence-electron chi connectivity index (χ1n) is 11.1. The second-order valence-electron chi connectivity index (χ2n) is 8.15. The van der Waals surface area contributed by atoms with Gasteiger partial charge in [-0.3, -0.25) is 19.2 Å². The van der Waals surface area contributed by atoms with Gasteiger partial charge in [-0.2, -0.15) is 13.2 Å². The molecule has 0 aliphatic rings. The lowest BCUT2D eigenvalue weighted by Gasteiger charge is -2.27. The molecule has 1 aromatic heterocycles. The number of amides is 3. The standard InChI is InChI=1S/C24H29ClF3N3O6S/c1-6-14(37-5)8-7-13(4)19(23(36)30-18(12(2)3)20(33)24(26,27)28)31-21(34)15(11-32)29-22(35)16-9-10-17(25)38-16/h6-10,12,15,18-19,32H,4,11H2,1-3,5H3,(H,29,35)(H,30,36)(H,31,34)/b8-7-,14-6+/t15-,18-,19-/m0/s1. The zero-order valence-electron chi connectivity index (χ0n) is 21.0. The molecule has 1 aromatic rings. The number of carbonyl (C=O) groups is 4. The molecule has 0 saturated carbocycles. The van der Waals surface area contributed by atoms with Crippen molar-refractivity contribution in [1.29, 1.82) is 0 Å². The Bertz CT molecular complexity index is 1100. The van der Waals surface area contributed by atoms with Crippen molar-refractivity contribution in [3.63, 3.8) is 0 Å². The number of carbonyl (C=O) groups excluding carboxylic acids is 4. The minimum absolute atomic E-state index is 0.0951. The van der Waals surface area contributed by atoms with Crippen LogP contribution in [0.5, 0.6) is 0 Å². The Labute approximate surface area is 226 Å². The van der Waals surface area contributed by atoms with E-state index in [1.807, 2.05) is 5.32 Å². The highest BCUT2D eigenvalue weighted by molar-refractivity contribution is 7.18. The molecule has 0 aromatic carbocycles. The van der Waals surface area contributed by atoms with Gasteiger partial charge in [-0.15, -0.1) is 11.3 Å². The number of hydrogen-bond acceptors (Lipinski definition) is 7. The van der Waals surface area contributed by atoms with Gasteiger partial charge in [-0.1, -0.05) is 38.1 Å². The molecular formula is C24H29ClF3N3O6S. The average molecular weight is 580 g/mol. The number of halogens is 4. The van der Waals surface area contributed by atoms with Crippen LogP contribution in [0, 0.1) is 5.92 Å². The van der Waals surface area contributed by atoms with Crippen molar-refractivity contribution in [2.24, 2.45) is 5.92 Å². The smallest absolute Gasteiger partial charge is 0.452 e. The first kappa shape index (κ1) is 32.9. The lowest BCUT2D eigenvalue weighted by Crippen LogP contribution is -2.58. The third kappa shape index (κ3) is 9.62. The van der Waals surface area contributed by atoms with Crippen molar-refractivity contribution >= 4 is 46.4 Å². The molecule has 0 spiro atoms. The van der Waals surface area contributed by atoms with E-state index in [1.54, 1.807) is 13.0 Å². The highest BCUT2D eigenvalue weighted by Crippen LogP contribution is 2.22. The molecule has 0 aliphatic heterocycles. The molecule has 3 amide bonds. The van der Waals surface area contributed by atoms with Gasteiger partial charge in [0.2, 0.25) is 11.8 Å². The third-order valence-corrected chi connectivity index (χ3v) is 6.26. The second-order valence-corrected chi connectivity index (χ2v) is 9.86. The van der Waals surface area contributed by atoms with Crippen LogP contribution in [0.3, 0.4) is 0 Å². The first-order chi connectivity index (χ1) is 17.7. The summed E-state index contributed by atoms with van der Waals surface area (Å²) in [6.07, 6.45) is -0.975. The average Bonchev–Trinajstić information content (AvgIpc) is 3.29. The van der Waals surface area contributed by atoms with E-state index < -0.39 is 60.3 Å². The Kier molecular flexibility index (Phi) is 12.7. The van der Waals surface area contributed by atoms with Gasteiger partial charge in [0.05, 0.1) is 29.0 Å². The van der Waals surface area contributed by atoms with E-state index in [-0.39, 0.29) is 10.5 Å². The number of aliphatic hydroxyl groups excluding tert-OH is 1. The van der Waals surface area contributed by atoms with Crippen molar-refractivity contribution in [1.82, 2.24) is 16.0 Å². The van der Waals surface area contributed by atoms with Gasteiger partial charge in [0.25, 0.3) is 11.7 Å². The summed E-state index contributed by atoms with van der Waals surface area (Å²) in [5.74, 6) is -5.71. The van der Waals surface area contributed by atoms with E-state index in [9.17, 15) is 37.5 Å². The predicted molar refractivity (Wildman–Crippen MR) is 136 cm³/mol. The molecule has 9 nitrogen and oxygen atoms in total. The fraction of sp³-hybridized carbons (Fsp3) is 0.417. The maximum atomic E-state index is 13.1. The number of ketones is 1. The number of rotatable bonds is 13. The number of nitrogens with one attached hydrogen (secondary N) is 3. The molecular weight excluding hydrogens is 551 g/mol. The Balaban J connectivity index is 3.24. The van der Waals surface area contributed by atoms with Crippen LogP contribution in [-0.4, -0.2) is 66.6 Å². The van der Waals surface area contributed by atoms with Gasteiger partial charge in [-0.05, 0) is 42.7 Å². The molecule has 3 atom stereocenters. The number of aliphatic hydroxyl groups is 1. The molecule has 14 heteroatoms. The number of hydrogen-bond donors (Lipinski definition) is 4. The van der Waals surface area contributed by atoms with E-state index >= 15 is 0 Å². The van der Waals surface area contributed by atoms with Gasteiger partial charge < -0.3 is 25.8 Å². The maximum Gasteiger partial charge on any atom is 0.452 e. The summed E-state index contributed by atoms with van der Waals surface area (Å²) in [5, 5.41) is 16.2. The SMILES string of the molecule is C=C(/C=C\C(=C/C)OC)[C@H](NC(=O)[C@H](CO)NC(=O)c1ccc(Cl)s1)C(=O)N[C@H](C(=O)C(F)(F)F)C(C)C. The molecule has 0 fully saturated rings. The first-order valence-corrected chi connectivity index (χ1v) is 12.3. The largest absolute Gasteiger partial charge is 0.497 e. The fourth-order valence-corrected chi connectivity index (χ4v) is 3.89. The van der Waals surface area contributed by atoms with Crippen LogP contribution in [0.2, 0.25) is 4.34 Å². The minimum atomic E-state index is -5.21. The molecule has 1 rings (SSSR count). The maximum absolute atomic E-state index is 13.1. The molecule has 210 valence electrons. The number of Topliss-reactive ketones (excluding diaryl/α,β-unsaturated/α-hetero) is 1. The Hall–Kier alpha value is -3.16. The van der Waals surface area contributed by atoms with E-state index in [4.69, 9.17) is 16.3 Å². The summed E-state index contributed by atoms with van der Waals surface area (Å²) in [6.45, 7) is 7.09. The van der Waals surface area contributed by atoms with Crippen LogP contribution in [0.15, 0.2) is 48.3 Å². The van der Waals surface area contributed by atoms with Crippen molar-refractivity contribution in [3.05, 3.63) is 57.5 Å². The van der Waals surface area contributed by atoms with Gasteiger partial charge in [-0.25, -0.2) is 0 Å². The highest BCUT2D eigenvalue weighted by atomic mass is 35.5. The summed E-state index contributed by atoms with van der Waals surface area (Å²) in [4.78, 5) is 50.4. The van der Waals surface area contributed by atoms with Crippen LogP contribution < -0.4 is 16.0 Å². The van der Waals surface area contributed by atoms with Crippen molar-refractivity contribution in [2.75, 3.05) is 13.7 Å². The van der Waals surface area contributed by atoms with E-state index in [2.05, 4.69) is 17.2 Å². The molecule has 0 bridgehead atoms. The molecule has 4 N–H and O–H groups in total. The summed E-state index contributed by atoms with van der Waals surface area (Å²) < 4.78 is 44.6.